The number of H-pyrrole nitrogens is 1. The number of aromatic nitrogens is 2. The van der Waals surface area contributed by atoms with Gasteiger partial charge in [0, 0.05) is 29.8 Å². The minimum atomic E-state index is -0.499. The van der Waals surface area contributed by atoms with E-state index in [1.54, 1.807) is 11.8 Å². The molecule has 120 valence electrons. The number of rotatable bonds is 3. The first kappa shape index (κ1) is 15.2. The third-order valence-electron chi connectivity index (χ3n) is 3.78. The van der Waals surface area contributed by atoms with Gasteiger partial charge in [-0.25, -0.2) is 9.18 Å². The Bertz CT molecular complexity index is 740. The lowest BCUT2D eigenvalue weighted by molar-refractivity contribution is 0.0513. The molecule has 0 aliphatic carbocycles. The molecule has 0 atom stereocenters. The predicted octanol–water partition coefficient (Wildman–Crippen LogP) is 1.92. The lowest BCUT2D eigenvalue weighted by Gasteiger charge is -2.27. The van der Waals surface area contributed by atoms with Gasteiger partial charge in [0.15, 0.2) is 5.69 Å². The van der Waals surface area contributed by atoms with Crippen LogP contribution in [0.3, 0.4) is 0 Å². The van der Waals surface area contributed by atoms with Crippen LogP contribution in [0.25, 0.3) is 0 Å². The van der Waals surface area contributed by atoms with Gasteiger partial charge in [-0.3, -0.25) is 9.89 Å². The third kappa shape index (κ3) is 2.94. The molecule has 0 fully saturated rings. The van der Waals surface area contributed by atoms with E-state index in [1.807, 2.05) is 0 Å². The molecule has 0 radical (unpaired) electrons. The third-order valence-corrected chi connectivity index (χ3v) is 3.78. The minimum Gasteiger partial charge on any atom is -0.461 e. The van der Waals surface area contributed by atoms with E-state index >= 15 is 0 Å². The number of nitrogens with zero attached hydrogens (tertiary/aromatic N) is 2. The van der Waals surface area contributed by atoms with Gasteiger partial charge in [0.25, 0.3) is 5.91 Å². The molecule has 1 aliphatic rings. The average Bonchev–Trinajstić information content (AvgIpc) is 2.98. The summed E-state index contributed by atoms with van der Waals surface area (Å²) in [5, 5.41) is 6.84. The van der Waals surface area contributed by atoms with Gasteiger partial charge >= 0.3 is 5.97 Å². The van der Waals surface area contributed by atoms with Crippen LogP contribution < -0.4 is 0 Å². The van der Waals surface area contributed by atoms with Crippen molar-refractivity contribution in [1.82, 2.24) is 15.1 Å². The topological polar surface area (TPSA) is 75.3 Å². The Labute approximate surface area is 132 Å². The van der Waals surface area contributed by atoms with Crippen LogP contribution in [0.2, 0.25) is 0 Å². The molecule has 6 nitrogen and oxygen atoms in total. The number of halogens is 1. The Morgan fingerprint density at radius 1 is 1.35 bits per heavy atom. The lowest BCUT2D eigenvalue weighted by Crippen LogP contribution is -2.36. The molecule has 1 aromatic carbocycles. The maximum absolute atomic E-state index is 13.0. The van der Waals surface area contributed by atoms with Crippen molar-refractivity contribution in [1.29, 1.82) is 0 Å². The molecule has 1 aromatic heterocycles. The molecule has 2 heterocycles. The SMILES string of the molecule is CCOC(=O)c1n[nH]c2c1CN(C(=O)c1ccc(F)cc1)CC2. The van der Waals surface area contributed by atoms with Crippen molar-refractivity contribution in [3.63, 3.8) is 0 Å². The monoisotopic (exact) mass is 317 g/mol. The fourth-order valence-electron chi connectivity index (χ4n) is 2.61. The summed E-state index contributed by atoms with van der Waals surface area (Å²) in [5.74, 6) is -1.09. The maximum Gasteiger partial charge on any atom is 0.359 e. The largest absolute Gasteiger partial charge is 0.461 e. The number of hydrogen-bond acceptors (Lipinski definition) is 4. The molecule has 0 unspecified atom stereocenters. The molecule has 0 saturated carbocycles. The zero-order chi connectivity index (χ0) is 16.4. The van der Waals surface area contributed by atoms with Gasteiger partial charge in [0.1, 0.15) is 5.82 Å². The molecule has 3 rings (SSSR count). The first-order valence-corrected chi connectivity index (χ1v) is 7.38. The fraction of sp³-hybridized carbons (Fsp3) is 0.312. The molecule has 23 heavy (non-hydrogen) atoms. The van der Waals surface area contributed by atoms with Gasteiger partial charge in [-0.15, -0.1) is 0 Å². The molecule has 2 aromatic rings. The smallest absolute Gasteiger partial charge is 0.359 e. The predicted molar refractivity (Wildman–Crippen MR) is 79.4 cm³/mol. The van der Waals surface area contributed by atoms with E-state index in [0.717, 1.165) is 5.69 Å². The van der Waals surface area contributed by atoms with Crippen LogP contribution in [0.5, 0.6) is 0 Å². The van der Waals surface area contributed by atoms with Crippen LogP contribution in [0.1, 0.15) is 39.0 Å². The second-order valence-corrected chi connectivity index (χ2v) is 5.23. The average molecular weight is 317 g/mol. The van der Waals surface area contributed by atoms with E-state index < -0.39 is 5.97 Å². The van der Waals surface area contributed by atoms with E-state index in [-0.39, 0.29) is 30.6 Å². The van der Waals surface area contributed by atoms with Crippen molar-refractivity contribution in [3.05, 3.63) is 52.6 Å². The van der Waals surface area contributed by atoms with Crippen LogP contribution in [-0.2, 0) is 17.7 Å². The van der Waals surface area contributed by atoms with Crippen LogP contribution >= 0.6 is 0 Å². The Balaban J connectivity index is 1.81. The second kappa shape index (κ2) is 6.20. The van der Waals surface area contributed by atoms with Gasteiger partial charge < -0.3 is 9.64 Å². The van der Waals surface area contributed by atoms with E-state index in [4.69, 9.17) is 4.74 Å². The molecule has 1 N–H and O–H groups in total. The van der Waals surface area contributed by atoms with Crippen molar-refractivity contribution < 1.29 is 18.7 Å². The van der Waals surface area contributed by atoms with Gasteiger partial charge in [0.2, 0.25) is 0 Å². The fourth-order valence-corrected chi connectivity index (χ4v) is 2.61. The van der Waals surface area contributed by atoms with Crippen molar-refractivity contribution in [2.24, 2.45) is 0 Å². The van der Waals surface area contributed by atoms with Crippen LogP contribution in [0, 0.1) is 5.82 Å². The summed E-state index contributed by atoms with van der Waals surface area (Å²) in [4.78, 5) is 26.0. The molecule has 0 bridgehead atoms. The second-order valence-electron chi connectivity index (χ2n) is 5.23. The summed E-state index contributed by atoms with van der Waals surface area (Å²) in [6, 6.07) is 5.42. The molecule has 0 saturated heterocycles. The quantitative estimate of drug-likeness (QED) is 0.878. The van der Waals surface area contributed by atoms with Crippen LogP contribution in [0.15, 0.2) is 24.3 Å². The van der Waals surface area contributed by atoms with E-state index in [9.17, 15) is 14.0 Å². The summed E-state index contributed by atoms with van der Waals surface area (Å²) >= 11 is 0. The summed E-state index contributed by atoms with van der Waals surface area (Å²) in [6.45, 7) is 2.77. The van der Waals surface area contributed by atoms with E-state index in [1.165, 1.54) is 24.3 Å². The number of carbonyl (C=O) groups is 2. The first-order valence-electron chi connectivity index (χ1n) is 7.38. The summed E-state index contributed by atoms with van der Waals surface area (Å²) in [6.07, 6.45) is 0.578. The number of esters is 1. The molecule has 1 aliphatic heterocycles. The summed E-state index contributed by atoms with van der Waals surface area (Å²) in [5.41, 5.74) is 2.16. The minimum absolute atomic E-state index is 0.202. The molecule has 1 amide bonds. The van der Waals surface area contributed by atoms with Gasteiger partial charge in [-0.1, -0.05) is 0 Å². The Morgan fingerprint density at radius 2 is 2.09 bits per heavy atom. The highest BCUT2D eigenvalue weighted by Crippen LogP contribution is 2.22. The zero-order valence-electron chi connectivity index (χ0n) is 12.6. The number of amides is 1. The number of benzene rings is 1. The van der Waals surface area contributed by atoms with Crippen LogP contribution in [-0.4, -0.2) is 40.1 Å². The summed E-state index contributed by atoms with van der Waals surface area (Å²) in [7, 11) is 0. The highest BCUT2D eigenvalue weighted by molar-refractivity contribution is 5.95. The molecule has 0 spiro atoms. The zero-order valence-corrected chi connectivity index (χ0v) is 12.6. The highest BCUT2D eigenvalue weighted by Gasteiger charge is 2.28. The Kier molecular flexibility index (Phi) is 4.10. The van der Waals surface area contributed by atoms with E-state index in [0.29, 0.717) is 24.1 Å². The number of ether oxygens (including phenoxy) is 1. The number of carbonyl (C=O) groups excluding carboxylic acids is 2. The molecular weight excluding hydrogens is 301 g/mol. The van der Waals surface area contributed by atoms with Crippen molar-refractivity contribution in [2.45, 2.75) is 19.9 Å². The Morgan fingerprint density at radius 3 is 2.78 bits per heavy atom. The standard InChI is InChI=1S/C16H16FN3O3/c1-2-23-16(22)14-12-9-20(8-7-13(12)18-19-14)15(21)10-3-5-11(17)6-4-10/h3-6H,2,7-9H2,1H3,(H,18,19). The van der Waals surface area contributed by atoms with Gasteiger partial charge in [-0.2, -0.15) is 5.10 Å². The first-order chi connectivity index (χ1) is 11.1. The highest BCUT2D eigenvalue weighted by atomic mass is 19.1. The number of aromatic amines is 1. The number of fused-ring (bicyclic) bond motifs is 1. The number of nitrogens with one attached hydrogen (secondary N) is 1. The van der Waals surface area contributed by atoms with Gasteiger partial charge in [-0.05, 0) is 31.2 Å². The van der Waals surface area contributed by atoms with Gasteiger partial charge in [0.05, 0.1) is 13.2 Å². The normalized spacial score (nSPS) is 13.6. The summed E-state index contributed by atoms with van der Waals surface area (Å²) < 4.78 is 18.0. The molecule has 7 heteroatoms. The Hall–Kier alpha value is -2.70. The van der Waals surface area contributed by atoms with Crippen molar-refractivity contribution in [3.8, 4) is 0 Å². The maximum atomic E-state index is 13.0. The molecular formula is C16H16FN3O3. The van der Waals surface area contributed by atoms with E-state index in [2.05, 4.69) is 10.2 Å². The van der Waals surface area contributed by atoms with Crippen molar-refractivity contribution >= 4 is 11.9 Å². The van der Waals surface area contributed by atoms with Crippen LogP contribution in [0.4, 0.5) is 4.39 Å². The number of hydrogen-bond donors (Lipinski definition) is 1. The van der Waals surface area contributed by atoms with Crippen molar-refractivity contribution in [2.75, 3.05) is 13.2 Å². The lowest BCUT2D eigenvalue weighted by atomic mass is 10.0.